The molecule has 0 saturated heterocycles. The molecule has 0 fully saturated rings. The number of hydrazone groups is 1. The topological polar surface area (TPSA) is 149 Å². The number of nitrogens with one attached hydrogen (secondary N) is 2. The Bertz CT molecular complexity index is 1840. The van der Waals surface area contributed by atoms with Crippen LogP contribution >= 0.6 is 11.3 Å². The fourth-order valence-corrected chi connectivity index (χ4v) is 6.27. The third-order valence-corrected chi connectivity index (χ3v) is 8.38. The summed E-state index contributed by atoms with van der Waals surface area (Å²) in [5, 5.41) is 6.66. The Kier molecular flexibility index (Phi) is 10.5. The molecule has 0 aliphatic heterocycles. The summed E-state index contributed by atoms with van der Waals surface area (Å²) in [7, 11) is 0. The molecule has 2 N–H and O–H groups in total. The van der Waals surface area contributed by atoms with Crippen LogP contribution in [0, 0.1) is 5.92 Å². The molecule has 2 amide bonds. The Balaban J connectivity index is 1.31. The molecule has 0 bridgehead atoms. The second-order valence-corrected chi connectivity index (χ2v) is 11.7. The molecule has 11 nitrogen and oxygen atoms in total. The zero-order valence-electron chi connectivity index (χ0n) is 25.6. The summed E-state index contributed by atoms with van der Waals surface area (Å²) in [4.78, 5) is 64.7. The Morgan fingerprint density at radius 2 is 1.53 bits per heavy atom. The molecule has 0 radical (unpaired) electrons. The van der Waals surface area contributed by atoms with Gasteiger partial charge in [-0.1, -0.05) is 43.3 Å². The Labute approximate surface area is 274 Å². The predicted molar refractivity (Wildman–Crippen MR) is 175 cm³/mol. The number of hydrogen-bond acceptors (Lipinski definition) is 10. The summed E-state index contributed by atoms with van der Waals surface area (Å²) in [6.45, 7) is 3.98. The normalized spacial score (nSPS) is 13.7. The highest BCUT2D eigenvalue weighted by molar-refractivity contribution is 7.17. The molecule has 4 aromatic rings. The van der Waals surface area contributed by atoms with Crippen molar-refractivity contribution in [1.82, 2.24) is 5.43 Å². The highest BCUT2D eigenvalue weighted by Crippen LogP contribution is 2.40. The maximum atomic E-state index is 12.8. The van der Waals surface area contributed by atoms with Gasteiger partial charge >= 0.3 is 29.7 Å². The van der Waals surface area contributed by atoms with Crippen molar-refractivity contribution in [3.05, 3.63) is 112 Å². The number of carbonyl (C=O) groups is 5. The van der Waals surface area contributed by atoms with E-state index < -0.39 is 29.7 Å². The number of benzene rings is 3. The summed E-state index contributed by atoms with van der Waals surface area (Å²) < 4.78 is 16.3. The highest BCUT2D eigenvalue weighted by atomic mass is 32.1. The molecular weight excluding hydrogens is 622 g/mol. The number of thiophene rings is 1. The van der Waals surface area contributed by atoms with E-state index in [1.807, 2.05) is 0 Å². The zero-order chi connectivity index (χ0) is 33.3. The molecular formula is C35H31N3O8S. The number of anilines is 1. The van der Waals surface area contributed by atoms with Gasteiger partial charge in [0.2, 0.25) is 0 Å². The van der Waals surface area contributed by atoms with Crippen molar-refractivity contribution in [2.45, 2.75) is 33.1 Å². The first-order chi connectivity index (χ1) is 22.7. The Hall–Kier alpha value is -5.62. The second-order valence-electron chi connectivity index (χ2n) is 10.6. The van der Waals surface area contributed by atoms with E-state index in [-0.39, 0.29) is 39.8 Å². The van der Waals surface area contributed by atoms with E-state index >= 15 is 0 Å². The van der Waals surface area contributed by atoms with Gasteiger partial charge < -0.3 is 19.5 Å². The Morgan fingerprint density at radius 3 is 2.19 bits per heavy atom. The third kappa shape index (κ3) is 8.16. The van der Waals surface area contributed by atoms with E-state index in [1.165, 1.54) is 35.8 Å². The molecule has 1 aliphatic rings. The van der Waals surface area contributed by atoms with Gasteiger partial charge in [-0.05, 0) is 74.1 Å². The largest absolute Gasteiger partial charge is 0.462 e. The van der Waals surface area contributed by atoms with E-state index in [2.05, 4.69) is 22.8 Å². The van der Waals surface area contributed by atoms with Crippen molar-refractivity contribution in [1.29, 1.82) is 0 Å². The number of nitrogens with zero attached hydrogens (tertiary/aromatic N) is 1. The molecule has 0 saturated carbocycles. The first kappa shape index (κ1) is 32.8. The SMILES string of the molecule is CCOC(=O)c1c(NC(=O)C(=O)N/N=C\c2ccc(OC(=O)c3ccccc3)cc2OC(=O)c2ccccc2)sc2c1CC[C@H](C)C2. The van der Waals surface area contributed by atoms with Crippen LogP contribution in [0.1, 0.15) is 67.3 Å². The van der Waals surface area contributed by atoms with Gasteiger partial charge in [-0.15, -0.1) is 11.3 Å². The minimum atomic E-state index is -1.09. The monoisotopic (exact) mass is 653 g/mol. The number of ether oxygens (including phenoxy) is 3. The molecule has 3 aromatic carbocycles. The van der Waals surface area contributed by atoms with Crippen LogP contribution in [-0.2, 0) is 27.2 Å². The van der Waals surface area contributed by atoms with Crippen LogP contribution < -0.4 is 20.2 Å². The van der Waals surface area contributed by atoms with Crippen molar-refractivity contribution >= 4 is 52.3 Å². The lowest BCUT2D eigenvalue weighted by molar-refractivity contribution is -0.136. The van der Waals surface area contributed by atoms with E-state index in [0.717, 1.165) is 23.3 Å². The summed E-state index contributed by atoms with van der Waals surface area (Å²) in [5.41, 5.74) is 4.12. The van der Waals surface area contributed by atoms with Gasteiger partial charge in [0.25, 0.3) is 0 Å². The lowest BCUT2D eigenvalue weighted by atomic mass is 9.88. The summed E-state index contributed by atoms with van der Waals surface area (Å²) in [6.07, 6.45) is 3.52. The Morgan fingerprint density at radius 1 is 0.872 bits per heavy atom. The molecule has 1 aliphatic carbocycles. The first-order valence-corrected chi connectivity index (χ1v) is 15.7. The van der Waals surface area contributed by atoms with Crippen LogP contribution in [0.2, 0.25) is 0 Å². The average Bonchev–Trinajstić information content (AvgIpc) is 3.43. The van der Waals surface area contributed by atoms with Crippen molar-refractivity contribution in [3.8, 4) is 11.5 Å². The first-order valence-electron chi connectivity index (χ1n) is 14.9. The van der Waals surface area contributed by atoms with Gasteiger partial charge in [0.15, 0.2) is 0 Å². The lowest BCUT2D eigenvalue weighted by Gasteiger charge is -2.18. The lowest BCUT2D eigenvalue weighted by Crippen LogP contribution is -2.32. The molecule has 0 spiro atoms. The predicted octanol–water partition coefficient (Wildman–Crippen LogP) is 5.58. The van der Waals surface area contributed by atoms with Crippen molar-refractivity contribution in [2.75, 3.05) is 11.9 Å². The zero-order valence-corrected chi connectivity index (χ0v) is 26.4. The van der Waals surface area contributed by atoms with Crippen molar-refractivity contribution in [3.63, 3.8) is 0 Å². The van der Waals surface area contributed by atoms with Crippen molar-refractivity contribution < 1.29 is 38.2 Å². The van der Waals surface area contributed by atoms with E-state index in [0.29, 0.717) is 17.9 Å². The van der Waals surface area contributed by atoms with Crippen molar-refractivity contribution in [2.24, 2.45) is 11.0 Å². The number of carbonyl (C=O) groups excluding carboxylic acids is 5. The minimum Gasteiger partial charge on any atom is -0.462 e. The molecule has 1 atom stereocenters. The average molecular weight is 654 g/mol. The van der Waals surface area contributed by atoms with Gasteiger partial charge in [-0.3, -0.25) is 9.59 Å². The molecule has 1 aromatic heterocycles. The van der Waals surface area contributed by atoms with Crippen LogP contribution in [0.25, 0.3) is 0 Å². The van der Waals surface area contributed by atoms with Crippen LogP contribution in [-0.4, -0.2) is 42.5 Å². The van der Waals surface area contributed by atoms with E-state index in [1.54, 1.807) is 67.6 Å². The number of fused-ring (bicyclic) bond motifs is 1. The number of amides is 2. The fraction of sp³-hybridized carbons (Fsp3) is 0.200. The molecule has 12 heteroatoms. The smallest absolute Gasteiger partial charge is 0.343 e. The molecule has 240 valence electrons. The van der Waals surface area contributed by atoms with Gasteiger partial charge in [0, 0.05) is 16.5 Å². The maximum absolute atomic E-state index is 12.8. The highest BCUT2D eigenvalue weighted by Gasteiger charge is 2.30. The molecule has 5 rings (SSSR count). The van der Waals surface area contributed by atoms with E-state index in [4.69, 9.17) is 14.2 Å². The summed E-state index contributed by atoms with van der Waals surface area (Å²) in [6, 6.07) is 20.9. The number of rotatable bonds is 9. The molecule has 0 unspecified atom stereocenters. The van der Waals surface area contributed by atoms with Crippen LogP contribution in [0.3, 0.4) is 0 Å². The van der Waals surface area contributed by atoms with Gasteiger partial charge in [-0.25, -0.2) is 19.8 Å². The van der Waals surface area contributed by atoms with Gasteiger partial charge in [-0.2, -0.15) is 5.10 Å². The van der Waals surface area contributed by atoms with Crippen LogP contribution in [0.5, 0.6) is 11.5 Å². The van der Waals surface area contributed by atoms with E-state index in [9.17, 15) is 24.0 Å². The quantitative estimate of drug-likeness (QED) is 0.0782. The third-order valence-electron chi connectivity index (χ3n) is 7.21. The molecule has 47 heavy (non-hydrogen) atoms. The summed E-state index contributed by atoms with van der Waals surface area (Å²) >= 11 is 1.26. The fourth-order valence-electron chi connectivity index (χ4n) is 4.88. The minimum absolute atomic E-state index is 0.0165. The maximum Gasteiger partial charge on any atom is 0.343 e. The van der Waals surface area contributed by atoms with Crippen LogP contribution in [0.4, 0.5) is 5.00 Å². The summed E-state index contributed by atoms with van der Waals surface area (Å²) in [5.74, 6) is -3.45. The van der Waals surface area contributed by atoms with Gasteiger partial charge in [0.1, 0.15) is 16.5 Å². The molecule has 1 heterocycles. The number of esters is 3. The second kappa shape index (κ2) is 15.1. The standard InChI is InChI=1S/C35H31N3O8S/c1-3-44-35(43)29-26-17-14-21(2)18-28(26)47-32(29)37-30(39)31(40)38-36-20-24-15-16-25(45-33(41)22-10-6-4-7-11-22)19-27(24)46-34(42)23-12-8-5-9-13-23/h4-13,15-16,19-21H,3,14,17-18H2,1-2H3,(H,37,39)(H,38,40)/b36-20-/t21-/m0/s1. The van der Waals surface area contributed by atoms with Crippen LogP contribution in [0.15, 0.2) is 84.0 Å². The number of hydrogen-bond donors (Lipinski definition) is 2. The van der Waals surface area contributed by atoms with Gasteiger partial charge in [0.05, 0.1) is 29.5 Å².